The largest absolute Gasteiger partial charge is 0.482 e. The van der Waals surface area contributed by atoms with Gasteiger partial charge in [-0.2, -0.15) is 0 Å². The summed E-state index contributed by atoms with van der Waals surface area (Å²) in [5.41, 5.74) is 6.40. The predicted molar refractivity (Wildman–Crippen MR) is 70.9 cm³/mol. The van der Waals surface area contributed by atoms with Gasteiger partial charge in [-0.1, -0.05) is 11.6 Å². The van der Waals surface area contributed by atoms with Crippen LogP contribution in [0.25, 0.3) is 0 Å². The first kappa shape index (κ1) is 14.8. The van der Waals surface area contributed by atoms with E-state index in [0.29, 0.717) is 23.7 Å². The van der Waals surface area contributed by atoms with Crippen molar-refractivity contribution in [3.05, 3.63) is 28.8 Å². The topological polar surface area (TPSA) is 61.5 Å². The Kier molecular flexibility index (Phi) is 5.95. The fourth-order valence-corrected chi connectivity index (χ4v) is 1.67. The highest BCUT2D eigenvalue weighted by Gasteiger charge is 2.09. The Labute approximate surface area is 112 Å². The molecule has 1 rings (SSSR count). The maximum absolute atomic E-state index is 11.4. The first-order valence-electron chi connectivity index (χ1n) is 5.83. The van der Waals surface area contributed by atoms with Crippen LogP contribution in [-0.2, 0) is 16.0 Å². The Morgan fingerprint density at radius 3 is 2.78 bits per heavy atom. The third-order valence-electron chi connectivity index (χ3n) is 2.15. The second-order valence-electron chi connectivity index (χ2n) is 4.12. The predicted octanol–water partition coefficient (Wildman–Crippen LogP) is 2.17. The van der Waals surface area contributed by atoms with Crippen molar-refractivity contribution >= 4 is 17.6 Å². The van der Waals surface area contributed by atoms with Crippen molar-refractivity contribution in [2.24, 2.45) is 5.73 Å². The average molecular weight is 272 g/mol. The van der Waals surface area contributed by atoms with Gasteiger partial charge in [-0.3, -0.25) is 0 Å². The molecular formula is C13H18ClNO3. The maximum Gasteiger partial charge on any atom is 0.344 e. The molecule has 0 amide bonds. The summed E-state index contributed by atoms with van der Waals surface area (Å²) in [7, 11) is 0. The van der Waals surface area contributed by atoms with Crippen molar-refractivity contribution in [2.45, 2.75) is 26.4 Å². The van der Waals surface area contributed by atoms with Gasteiger partial charge in [0.05, 0.1) is 6.10 Å². The van der Waals surface area contributed by atoms with Crippen molar-refractivity contribution in [1.82, 2.24) is 0 Å². The minimum atomic E-state index is -0.390. The first-order valence-corrected chi connectivity index (χ1v) is 6.21. The minimum Gasteiger partial charge on any atom is -0.482 e. The molecule has 0 radical (unpaired) electrons. The molecule has 0 saturated carbocycles. The molecule has 1 aromatic rings. The average Bonchev–Trinajstić information content (AvgIpc) is 2.27. The second-order valence-corrected chi connectivity index (χ2v) is 4.55. The summed E-state index contributed by atoms with van der Waals surface area (Å²) in [5.74, 6) is 0.226. The SMILES string of the molecule is CC(C)OC(=O)COc1ccc(Cl)cc1CCN. The van der Waals surface area contributed by atoms with Crippen LogP contribution in [0.1, 0.15) is 19.4 Å². The van der Waals surface area contributed by atoms with Gasteiger partial charge < -0.3 is 15.2 Å². The number of benzene rings is 1. The minimum absolute atomic E-state index is 0.114. The molecule has 0 spiro atoms. The molecule has 0 heterocycles. The molecule has 0 atom stereocenters. The molecule has 0 fully saturated rings. The number of ether oxygens (including phenoxy) is 2. The standard InChI is InChI=1S/C13H18ClNO3/c1-9(2)18-13(16)8-17-12-4-3-11(14)7-10(12)5-6-15/h3-4,7,9H,5-6,8,15H2,1-2H3. The van der Waals surface area contributed by atoms with Crippen molar-refractivity contribution in [3.8, 4) is 5.75 Å². The highest BCUT2D eigenvalue weighted by molar-refractivity contribution is 6.30. The zero-order valence-corrected chi connectivity index (χ0v) is 11.4. The number of carbonyl (C=O) groups is 1. The molecule has 100 valence electrons. The smallest absolute Gasteiger partial charge is 0.344 e. The van der Waals surface area contributed by atoms with Gasteiger partial charge in [0.15, 0.2) is 6.61 Å². The van der Waals surface area contributed by atoms with Crippen molar-refractivity contribution < 1.29 is 14.3 Å². The van der Waals surface area contributed by atoms with Crippen LogP contribution in [0.15, 0.2) is 18.2 Å². The zero-order chi connectivity index (χ0) is 13.5. The van der Waals surface area contributed by atoms with Gasteiger partial charge in [-0.05, 0) is 50.6 Å². The summed E-state index contributed by atoms with van der Waals surface area (Å²) in [6.07, 6.45) is 0.504. The third-order valence-corrected chi connectivity index (χ3v) is 2.38. The van der Waals surface area contributed by atoms with E-state index in [-0.39, 0.29) is 12.7 Å². The normalized spacial score (nSPS) is 10.5. The van der Waals surface area contributed by atoms with Crippen LogP contribution in [-0.4, -0.2) is 25.2 Å². The van der Waals surface area contributed by atoms with Gasteiger partial charge in [0.1, 0.15) is 5.75 Å². The second kappa shape index (κ2) is 7.24. The highest BCUT2D eigenvalue weighted by atomic mass is 35.5. The lowest BCUT2D eigenvalue weighted by molar-refractivity contribution is -0.149. The lowest BCUT2D eigenvalue weighted by Gasteiger charge is -2.12. The number of carbonyl (C=O) groups excluding carboxylic acids is 1. The van der Waals surface area contributed by atoms with E-state index in [0.717, 1.165) is 5.56 Å². The van der Waals surface area contributed by atoms with Gasteiger partial charge in [-0.25, -0.2) is 4.79 Å². The van der Waals surface area contributed by atoms with E-state index < -0.39 is 5.97 Å². The Balaban J connectivity index is 2.63. The molecule has 0 aromatic heterocycles. The van der Waals surface area contributed by atoms with Crippen LogP contribution in [0.3, 0.4) is 0 Å². The Bertz CT molecular complexity index is 407. The van der Waals surface area contributed by atoms with Gasteiger partial charge in [0, 0.05) is 5.02 Å². The monoisotopic (exact) mass is 271 g/mol. The molecule has 0 bridgehead atoms. The fraction of sp³-hybridized carbons (Fsp3) is 0.462. The molecule has 5 heteroatoms. The van der Waals surface area contributed by atoms with Gasteiger partial charge in [-0.15, -0.1) is 0 Å². The lowest BCUT2D eigenvalue weighted by atomic mass is 10.1. The molecule has 18 heavy (non-hydrogen) atoms. The number of rotatable bonds is 6. The molecule has 0 saturated heterocycles. The van der Waals surface area contributed by atoms with Crippen molar-refractivity contribution in [3.63, 3.8) is 0 Å². The molecule has 2 N–H and O–H groups in total. The highest BCUT2D eigenvalue weighted by Crippen LogP contribution is 2.23. The van der Waals surface area contributed by atoms with Gasteiger partial charge in [0.2, 0.25) is 0 Å². The Morgan fingerprint density at radius 1 is 1.44 bits per heavy atom. The Hall–Kier alpha value is -1.26. The Morgan fingerprint density at radius 2 is 2.17 bits per heavy atom. The molecule has 0 unspecified atom stereocenters. The maximum atomic E-state index is 11.4. The van der Waals surface area contributed by atoms with Gasteiger partial charge in [0.25, 0.3) is 0 Å². The van der Waals surface area contributed by atoms with E-state index in [1.54, 1.807) is 32.0 Å². The van der Waals surface area contributed by atoms with E-state index >= 15 is 0 Å². The summed E-state index contributed by atoms with van der Waals surface area (Å²) >= 11 is 5.90. The zero-order valence-electron chi connectivity index (χ0n) is 10.6. The van der Waals surface area contributed by atoms with Crippen LogP contribution in [0, 0.1) is 0 Å². The summed E-state index contributed by atoms with van der Waals surface area (Å²) < 4.78 is 10.4. The number of hydrogen-bond donors (Lipinski definition) is 1. The summed E-state index contributed by atoms with van der Waals surface area (Å²) in [6.45, 7) is 3.96. The fourth-order valence-electron chi connectivity index (χ4n) is 1.47. The van der Waals surface area contributed by atoms with E-state index in [2.05, 4.69) is 0 Å². The van der Waals surface area contributed by atoms with E-state index in [1.165, 1.54) is 0 Å². The van der Waals surface area contributed by atoms with Crippen LogP contribution < -0.4 is 10.5 Å². The molecule has 0 aliphatic heterocycles. The lowest BCUT2D eigenvalue weighted by Crippen LogP contribution is -2.19. The van der Waals surface area contributed by atoms with Crippen LogP contribution >= 0.6 is 11.6 Å². The summed E-state index contributed by atoms with van der Waals surface area (Å²) in [4.78, 5) is 11.4. The van der Waals surface area contributed by atoms with E-state index in [4.69, 9.17) is 26.8 Å². The summed E-state index contributed by atoms with van der Waals surface area (Å²) in [6, 6.07) is 5.23. The quantitative estimate of drug-likeness (QED) is 0.806. The summed E-state index contributed by atoms with van der Waals surface area (Å²) in [5, 5.41) is 0.621. The molecule has 0 aliphatic rings. The van der Waals surface area contributed by atoms with Crippen molar-refractivity contribution in [2.75, 3.05) is 13.2 Å². The molecular weight excluding hydrogens is 254 g/mol. The molecule has 1 aromatic carbocycles. The number of hydrogen-bond acceptors (Lipinski definition) is 4. The van der Waals surface area contributed by atoms with E-state index in [9.17, 15) is 4.79 Å². The molecule has 4 nitrogen and oxygen atoms in total. The van der Waals surface area contributed by atoms with Crippen LogP contribution in [0.2, 0.25) is 5.02 Å². The van der Waals surface area contributed by atoms with Crippen LogP contribution in [0.5, 0.6) is 5.75 Å². The first-order chi connectivity index (χ1) is 8.52. The molecule has 0 aliphatic carbocycles. The van der Waals surface area contributed by atoms with Gasteiger partial charge >= 0.3 is 5.97 Å². The number of halogens is 1. The van der Waals surface area contributed by atoms with Crippen LogP contribution in [0.4, 0.5) is 0 Å². The van der Waals surface area contributed by atoms with Crippen molar-refractivity contribution in [1.29, 1.82) is 0 Å². The third kappa shape index (κ3) is 4.94. The van der Waals surface area contributed by atoms with E-state index in [1.807, 2.05) is 0 Å². The number of nitrogens with two attached hydrogens (primary N) is 1. The number of esters is 1.